The van der Waals surface area contributed by atoms with Crippen molar-refractivity contribution in [2.45, 2.75) is 6.61 Å². The summed E-state index contributed by atoms with van der Waals surface area (Å²) in [7, 11) is 5.97. The maximum Gasteiger partial charge on any atom is 0.211 e. The summed E-state index contributed by atoms with van der Waals surface area (Å²) < 4.78 is 21.1. The predicted molar refractivity (Wildman–Crippen MR) is 98.1 cm³/mol. The van der Waals surface area contributed by atoms with Crippen molar-refractivity contribution in [2.75, 3.05) is 28.4 Å². The van der Waals surface area contributed by atoms with Crippen molar-refractivity contribution in [1.82, 2.24) is 10.2 Å². The summed E-state index contributed by atoms with van der Waals surface area (Å²) in [6, 6.07) is 6.57. The molecule has 0 aliphatic heterocycles. The second-order valence-corrected chi connectivity index (χ2v) is 5.64. The van der Waals surface area contributed by atoms with E-state index < -0.39 is 0 Å². The van der Waals surface area contributed by atoms with Gasteiger partial charge in [0.25, 0.3) is 0 Å². The summed E-state index contributed by atoms with van der Waals surface area (Å²) in [6.45, 7) is -0.261. The summed E-state index contributed by atoms with van der Waals surface area (Å²) in [6.07, 6.45) is 0. The number of carbonyl (C=O) groups excluding carboxylic acids is 1. The fourth-order valence-electron chi connectivity index (χ4n) is 2.99. The predicted octanol–water partition coefficient (Wildman–Crippen LogP) is 2.32. The molecular weight excluding hydrogens is 352 g/mol. The molecule has 0 unspecified atom stereocenters. The highest BCUT2D eigenvalue weighted by molar-refractivity contribution is 6.15. The van der Waals surface area contributed by atoms with Crippen LogP contribution in [-0.2, 0) is 6.61 Å². The molecule has 8 nitrogen and oxygen atoms in total. The number of H-pyrrole nitrogens is 1. The number of aromatic nitrogens is 2. The van der Waals surface area contributed by atoms with E-state index in [9.17, 15) is 9.90 Å². The van der Waals surface area contributed by atoms with Crippen LogP contribution in [0.2, 0.25) is 0 Å². The van der Waals surface area contributed by atoms with E-state index in [-0.39, 0.29) is 18.1 Å². The maximum atomic E-state index is 13.1. The first-order chi connectivity index (χ1) is 13.1. The van der Waals surface area contributed by atoms with Crippen molar-refractivity contribution in [3.63, 3.8) is 0 Å². The highest BCUT2D eigenvalue weighted by Crippen LogP contribution is 2.39. The lowest BCUT2D eigenvalue weighted by atomic mass is 10.0. The number of aromatic amines is 1. The monoisotopic (exact) mass is 372 g/mol. The fraction of sp³-hybridized carbons (Fsp3) is 0.263. The molecule has 1 aromatic heterocycles. The second kappa shape index (κ2) is 7.55. The van der Waals surface area contributed by atoms with Crippen LogP contribution in [0.1, 0.15) is 21.6 Å². The quantitative estimate of drug-likeness (QED) is 0.614. The number of aliphatic hydroxyl groups is 1. The van der Waals surface area contributed by atoms with Gasteiger partial charge >= 0.3 is 0 Å². The van der Waals surface area contributed by atoms with Gasteiger partial charge in [0.2, 0.25) is 11.5 Å². The molecule has 0 radical (unpaired) electrons. The molecule has 0 atom stereocenters. The van der Waals surface area contributed by atoms with E-state index in [2.05, 4.69) is 10.2 Å². The molecule has 0 aliphatic rings. The molecule has 0 bridgehead atoms. The number of hydrogen-bond donors (Lipinski definition) is 2. The maximum absolute atomic E-state index is 13.1. The van der Waals surface area contributed by atoms with Crippen LogP contribution < -0.4 is 18.9 Å². The summed E-state index contributed by atoms with van der Waals surface area (Å²) in [5, 5.41) is 17.2. The lowest BCUT2D eigenvalue weighted by Crippen LogP contribution is -2.05. The Labute approximate surface area is 155 Å². The average Bonchev–Trinajstić information content (AvgIpc) is 3.15. The van der Waals surface area contributed by atoms with Crippen LogP contribution in [0.15, 0.2) is 24.3 Å². The molecular formula is C19H20N2O6. The molecule has 0 spiro atoms. The number of methoxy groups -OCH3 is 4. The fourth-order valence-corrected chi connectivity index (χ4v) is 2.99. The van der Waals surface area contributed by atoms with Crippen LogP contribution in [0.4, 0.5) is 0 Å². The summed E-state index contributed by atoms with van der Waals surface area (Å²) in [4.78, 5) is 13.1. The van der Waals surface area contributed by atoms with Gasteiger partial charge in [-0.15, -0.1) is 0 Å². The molecule has 3 rings (SSSR count). The number of fused-ring (bicyclic) bond motifs is 1. The number of hydrogen-bond acceptors (Lipinski definition) is 7. The number of nitrogens with zero attached hydrogens (tertiary/aromatic N) is 1. The number of nitrogens with one attached hydrogen (secondary N) is 1. The van der Waals surface area contributed by atoms with Crippen molar-refractivity contribution in [1.29, 1.82) is 0 Å². The number of aliphatic hydroxyl groups excluding tert-OH is 1. The van der Waals surface area contributed by atoms with Crippen molar-refractivity contribution in [3.05, 3.63) is 41.1 Å². The van der Waals surface area contributed by atoms with E-state index in [4.69, 9.17) is 18.9 Å². The number of ketones is 1. The van der Waals surface area contributed by atoms with Crippen LogP contribution in [0.3, 0.4) is 0 Å². The van der Waals surface area contributed by atoms with Gasteiger partial charge in [0.05, 0.1) is 35.0 Å². The summed E-state index contributed by atoms with van der Waals surface area (Å²) in [5.74, 6) is 1.36. The Hall–Kier alpha value is -3.26. The minimum absolute atomic E-state index is 0.261. The third kappa shape index (κ3) is 3.04. The first kappa shape index (κ1) is 18.5. The number of benzene rings is 2. The van der Waals surface area contributed by atoms with E-state index >= 15 is 0 Å². The Bertz CT molecular complexity index is 970. The van der Waals surface area contributed by atoms with Gasteiger partial charge < -0.3 is 24.1 Å². The Morgan fingerprint density at radius 3 is 2.15 bits per heavy atom. The minimum atomic E-state index is -0.300. The molecule has 8 heteroatoms. The Kier molecular flexibility index (Phi) is 5.18. The average molecular weight is 372 g/mol. The van der Waals surface area contributed by atoms with Crippen LogP contribution in [0.5, 0.6) is 23.0 Å². The van der Waals surface area contributed by atoms with Crippen LogP contribution in [-0.4, -0.2) is 49.5 Å². The SMILES string of the molecule is COc1cc(C(=O)c2[nH]nc3c(CO)c(OC)ccc23)cc(OC)c1OC. The molecule has 0 amide bonds. The smallest absolute Gasteiger partial charge is 0.211 e. The van der Waals surface area contributed by atoms with E-state index in [0.717, 1.165) is 0 Å². The number of carbonyl (C=O) groups is 1. The van der Waals surface area contributed by atoms with Gasteiger partial charge in [-0.25, -0.2) is 0 Å². The lowest BCUT2D eigenvalue weighted by Gasteiger charge is -2.13. The Morgan fingerprint density at radius 2 is 1.63 bits per heavy atom. The van der Waals surface area contributed by atoms with Gasteiger partial charge in [-0.05, 0) is 24.3 Å². The summed E-state index contributed by atoms with van der Waals surface area (Å²) >= 11 is 0. The molecule has 142 valence electrons. The molecule has 0 fully saturated rings. The van der Waals surface area contributed by atoms with Crippen LogP contribution in [0, 0.1) is 0 Å². The Morgan fingerprint density at radius 1 is 1.00 bits per heavy atom. The molecule has 1 heterocycles. The second-order valence-electron chi connectivity index (χ2n) is 5.64. The first-order valence-electron chi connectivity index (χ1n) is 8.09. The standard InChI is InChI=1S/C19H20N2O6/c1-24-13-6-5-11-16(12(13)9-22)20-21-17(11)18(23)10-7-14(25-2)19(27-4)15(8-10)26-3/h5-8,22H,9H2,1-4H3,(H,20,21). The normalized spacial score (nSPS) is 10.7. The van der Waals surface area contributed by atoms with Gasteiger partial charge in [-0.2, -0.15) is 5.10 Å². The molecule has 0 saturated carbocycles. The molecule has 2 aromatic carbocycles. The third-order valence-corrected chi connectivity index (χ3v) is 4.32. The zero-order valence-corrected chi connectivity index (χ0v) is 15.5. The molecule has 27 heavy (non-hydrogen) atoms. The summed E-state index contributed by atoms with van der Waals surface area (Å²) in [5.41, 5.74) is 1.62. The van der Waals surface area contributed by atoms with Crippen molar-refractivity contribution < 1.29 is 28.8 Å². The van der Waals surface area contributed by atoms with Crippen molar-refractivity contribution in [3.8, 4) is 23.0 Å². The van der Waals surface area contributed by atoms with Crippen molar-refractivity contribution in [2.24, 2.45) is 0 Å². The van der Waals surface area contributed by atoms with E-state index in [1.54, 1.807) is 24.3 Å². The van der Waals surface area contributed by atoms with Gasteiger partial charge in [0.1, 0.15) is 17.0 Å². The van der Waals surface area contributed by atoms with Crippen LogP contribution >= 0.6 is 0 Å². The van der Waals surface area contributed by atoms with Crippen LogP contribution in [0.25, 0.3) is 10.9 Å². The topological polar surface area (TPSA) is 103 Å². The number of rotatable bonds is 7. The zero-order chi connectivity index (χ0) is 19.6. The van der Waals surface area contributed by atoms with E-state index in [0.29, 0.717) is 45.0 Å². The van der Waals surface area contributed by atoms with Gasteiger partial charge in [0, 0.05) is 16.5 Å². The highest BCUT2D eigenvalue weighted by Gasteiger charge is 2.22. The van der Waals surface area contributed by atoms with Gasteiger partial charge in [-0.1, -0.05) is 0 Å². The lowest BCUT2D eigenvalue weighted by molar-refractivity contribution is 0.103. The molecule has 0 aliphatic carbocycles. The van der Waals surface area contributed by atoms with Gasteiger partial charge in [-0.3, -0.25) is 9.89 Å². The first-order valence-corrected chi connectivity index (χ1v) is 8.09. The number of ether oxygens (including phenoxy) is 4. The van der Waals surface area contributed by atoms with E-state index in [1.165, 1.54) is 28.4 Å². The van der Waals surface area contributed by atoms with E-state index in [1.807, 2.05) is 0 Å². The largest absolute Gasteiger partial charge is 0.496 e. The van der Waals surface area contributed by atoms with Gasteiger partial charge in [0.15, 0.2) is 11.5 Å². The highest BCUT2D eigenvalue weighted by atomic mass is 16.5. The molecule has 2 N–H and O–H groups in total. The zero-order valence-electron chi connectivity index (χ0n) is 15.5. The molecule has 0 saturated heterocycles. The third-order valence-electron chi connectivity index (χ3n) is 4.32. The van der Waals surface area contributed by atoms with Crippen molar-refractivity contribution >= 4 is 16.7 Å². The minimum Gasteiger partial charge on any atom is -0.496 e. The molecule has 3 aromatic rings. The Balaban J connectivity index is 2.14.